The number of anilines is 1. The number of halogens is 4. The summed E-state index contributed by atoms with van der Waals surface area (Å²) in [5, 5.41) is 8.53. The standard InChI is InChI=1S/C24H26ClF3N8O3/c1-3-16-19(20(33-32-16)24(26,27)28)17-12-30-21(34(17)2)22(38)31-13-4-5-14(15(25)10-13)23(39)36-8-6-35(7-9-36)18(37)11-29/h4-5,10,12H,3,6-9,11,29H2,1-2H3,(H,31,38)(H,32,33). The third kappa shape index (κ3) is 5.61. The van der Waals surface area contributed by atoms with Crippen molar-refractivity contribution in [2.45, 2.75) is 19.5 Å². The lowest BCUT2D eigenvalue weighted by Gasteiger charge is -2.34. The molecule has 1 fully saturated rings. The fraction of sp³-hybridized carbons (Fsp3) is 0.375. The van der Waals surface area contributed by atoms with Crippen LogP contribution in [0.4, 0.5) is 18.9 Å². The molecule has 1 aliphatic heterocycles. The lowest BCUT2D eigenvalue weighted by atomic mass is 10.1. The van der Waals surface area contributed by atoms with Crippen LogP contribution in [0, 0.1) is 0 Å². The third-order valence-electron chi connectivity index (χ3n) is 6.46. The van der Waals surface area contributed by atoms with E-state index >= 15 is 0 Å². The number of piperazine rings is 1. The van der Waals surface area contributed by atoms with Gasteiger partial charge in [0, 0.05) is 44.6 Å². The van der Waals surface area contributed by atoms with E-state index in [9.17, 15) is 27.6 Å². The third-order valence-corrected chi connectivity index (χ3v) is 6.77. The van der Waals surface area contributed by atoms with Gasteiger partial charge in [-0.2, -0.15) is 18.3 Å². The Bertz CT molecular complexity index is 1410. The van der Waals surface area contributed by atoms with Gasteiger partial charge in [-0.15, -0.1) is 0 Å². The number of carbonyl (C=O) groups is 3. The number of hydrogen-bond acceptors (Lipinski definition) is 6. The number of rotatable bonds is 6. The first-order valence-electron chi connectivity index (χ1n) is 12.0. The molecule has 4 rings (SSSR count). The second-order valence-electron chi connectivity index (χ2n) is 8.83. The van der Waals surface area contributed by atoms with Crippen molar-refractivity contribution < 1.29 is 27.6 Å². The van der Waals surface area contributed by atoms with Crippen LogP contribution in [0.1, 0.15) is 39.3 Å². The van der Waals surface area contributed by atoms with E-state index in [4.69, 9.17) is 17.3 Å². The zero-order valence-corrected chi connectivity index (χ0v) is 21.9. The average molecular weight is 567 g/mol. The molecule has 3 heterocycles. The summed E-state index contributed by atoms with van der Waals surface area (Å²) >= 11 is 6.35. The second-order valence-corrected chi connectivity index (χ2v) is 9.24. The van der Waals surface area contributed by atoms with Crippen molar-refractivity contribution in [3.8, 4) is 11.3 Å². The normalized spacial score (nSPS) is 14.0. The molecule has 1 aromatic carbocycles. The predicted molar refractivity (Wildman–Crippen MR) is 136 cm³/mol. The van der Waals surface area contributed by atoms with Crippen molar-refractivity contribution in [2.75, 3.05) is 38.0 Å². The molecule has 15 heteroatoms. The highest BCUT2D eigenvalue weighted by molar-refractivity contribution is 6.34. The number of aromatic nitrogens is 4. The van der Waals surface area contributed by atoms with E-state index in [1.54, 1.807) is 16.7 Å². The molecule has 0 spiro atoms. The molecule has 0 unspecified atom stereocenters. The highest BCUT2D eigenvalue weighted by Crippen LogP contribution is 2.37. The van der Waals surface area contributed by atoms with Crippen molar-refractivity contribution in [1.29, 1.82) is 0 Å². The second kappa shape index (κ2) is 11.1. The number of imidazole rings is 1. The first kappa shape index (κ1) is 28.1. The van der Waals surface area contributed by atoms with Crippen molar-refractivity contribution in [3.05, 3.63) is 52.2 Å². The predicted octanol–water partition coefficient (Wildman–Crippen LogP) is 2.54. The first-order chi connectivity index (χ1) is 18.5. The van der Waals surface area contributed by atoms with E-state index in [1.165, 1.54) is 36.0 Å². The molecule has 1 aliphatic rings. The molecule has 39 heavy (non-hydrogen) atoms. The Morgan fingerprint density at radius 1 is 1.15 bits per heavy atom. The molecule has 2 aromatic heterocycles. The number of nitrogens with zero attached hydrogens (tertiary/aromatic N) is 5. The van der Waals surface area contributed by atoms with E-state index in [0.717, 1.165) is 0 Å². The largest absolute Gasteiger partial charge is 0.435 e. The molecule has 1 saturated heterocycles. The fourth-order valence-corrected chi connectivity index (χ4v) is 4.64. The number of aromatic amines is 1. The summed E-state index contributed by atoms with van der Waals surface area (Å²) in [6, 6.07) is 4.36. The lowest BCUT2D eigenvalue weighted by Crippen LogP contribution is -2.51. The van der Waals surface area contributed by atoms with Gasteiger partial charge in [0.15, 0.2) is 11.5 Å². The highest BCUT2D eigenvalue weighted by Gasteiger charge is 2.39. The molecule has 208 valence electrons. The molecule has 3 amide bonds. The number of nitrogens with two attached hydrogens (primary N) is 1. The summed E-state index contributed by atoms with van der Waals surface area (Å²) in [5.41, 5.74) is 4.95. The Morgan fingerprint density at radius 3 is 2.41 bits per heavy atom. The van der Waals surface area contributed by atoms with E-state index in [1.807, 2.05) is 0 Å². The van der Waals surface area contributed by atoms with Gasteiger partial charge in [0.05, 0.1) is 34.6 Å². The summed E-state index contributed by atoms with van der Waals surface area (Å²) in [6.07, 6.45) is -3.25. The monoisotopic (exact) mass is 566 g/mol. The molecular formula is C24H26ClF3N8O3. The minimum atomic E-state index is -4.70. The maximum absolute atomic E-state index is 13.5. The molecule has 0 radical (unpaired) electrons. The van der Waals surface area contributed by atoms with E-state index in [2.05, 4.69) is 20.5 Å². The fourth-order valence-electron chi connectivity index (χ4n) is 4.38. The van der Waals surface area contributed by atoms with Gasteiger partial charge in [-0.05, 0) is 24.6 Å². The van der Waals surface area contributed by atoms with Gasteiger partial charge < -0.3 is 25.4 Å². The number of hydrogen-bond donors (Lipinski definition) is 3. The van der Waals surface area contributed by atoms with E-state index in [0.29, 0.717) is 26.2 Å². The smallest absolute Gasteiger partial charge is 0.338 e. The Hall–Kier alpha value is -3.91. The molecule has 0 atom stereocenters. The van der Waals surface area contributed by atoms with Crippen LogP contribution in [0.3, 0.4) is 0 Å². The molecule has 0 bridgehead atoms. The Balaban J connectivity index is 1.49. The molecule has 11 nitrogen and oxygen atoms in total. The van der Waals surface area contributed by atoms with Gasteiger partial charge in [-0.1, -0.05) is 18.5 Å². The molecule has 3 aromatic rings. The average Bonchev–Trinajstić information content (AvgIpc) is 3.51. The van der Waals surface area contributed by atoms with Crippen LogP contribution >= 0.6 is 11.6 Å². The SMILES string of the molecule is CCc1[nH]nc(C(F)(F)F)c1-c1cnc(C(=O)Nc2ccc(C(=O)N3CCN(C(=O)CN)CC3)c(Cl)c2)n1C. The van der Waals surface area contributed by atoms with Crippen LogP contribution in [-0.2, 0) is 24.4 Å². The minimum absolute atomic E-state index is 0.0744. The van der Waals surface area contributed by atoms with Crippen LogP contribution in [0.15, 0.2) is 24.4 Å². The number of amides is 3. The maximum Gasteiger partial charge on any atom is 0.435 e. The molecular weight excluding hydrogens is 541 g/mol. The van der Waals surface area contributed by atoms with Gasteiger partial charge in [-0.25, -0.2) is 4.98 Å². The van der Waals surface area contributed by atoms with Crippen LogP contribution in [0.25, 0.3) is 11.3 Å². The van der Waals surface area contributed by atoms with Crippen LogP contribution in [0.2, 0.25) is 5.02 Å². The summed E-state index contributed by atoms with van der Waals surface area (Å²) in [6.45, 7) is 2.97. The Kier molecular flexibility index (Phi) is 7.97. The van der Waals surface area contributed by atoms with Crippen molar-refractivity contribution in [2.24, 2.45) is 12.8 Å². The van der Waals surface area contributed by atoms with Crippen molar-refractivity contribution in [1.82, 2.24) is 29.5 Å². The lowest BCUT2D eigenvalue weighted by molar-refractivity contribution is -0.140. The molecule has 0 aliphatic carbocycles. The van der Waals surface area contributed by atoms with E-state index < -0.39 is 17.8 Å². The highest BCUT2D eigenvalue weighted by atomic mass is 35.5. The van der Waals surface area contributed by atoms with Crippen LogP contribution in [0.5, 0.6) is 0 Å². The zero-order chi connectivity index (χ0) is 28.5. The zero-order valence-electron chi connectivity index (χ0n) is 21.1. The Labute approximate surface area is 226 Å². The summed E-state index contributed by atoms with van der Waals surface area (Å²) in [4.78, 5) is 44.8. The van der Waals surface area contributed by atoms with E-state index in [-0.39, 0.29) is 63.8 Å². The van der Waals surface area contributed by atoms with Crippen molar-refractivity contribution >= 4 is 35.0 Å². The van der Waals surface area contributed by atoms with Gasteiger partial charge in [0.2, 0.25) is 5.91 Å². The number of nitrogens with one attached hydrogen (secondary N) is 2. The number of H-pyrrole nitrogens is 1. The van der Waals surface area contributed by atoms with Crippen LogP contribution < -0.4 is 11.1 Å². The van der Waals surface area contributed by atoms with Gasteiger partial charge in [0.1, 0.15) is 0 Å². The number of aryl methyl sites for hydroxylation is 1. The Morgan fingerprint density at radius 2 is 1.82 bits per heavy atom. The number of alkyl halides is 3. The maximum atomic E-state index is 13.5. The summed E-state index contributed by atoms with van der Waals surface area (Å²) in [7, 11) is 1.43. The molecule has 4 N–H and O–H groups in total. The first-order valence-corrected chi connectivity index (χ1v) is 12.4. The quantitative estimate of drug-likeness (QED) is 0.418. The number of carbonyl (C=O) groups excluding carboxylic acids is 3. The molecule has 0 saturated carbocycles. The van der Waals surface area contributed by atoms with Crippen LogP contribution in [-0.4, -0.2) is 80.0 Å². The van der Waals surface area contributed by atoms with Gasteiger partial charge in [0.25, 0.3) is 11.8 Å². The topological polar surface area (TPSA) is 142 Å². The van der Waals surface area contributed by atoms with Gasteiger partial charge in [-0.3, -0.25) is 19.5 Å². The minimum Gasteiger partial charge on any atom is -0.338 e. The summed E-state index contributed by atoms with van der Waals surface area (Å²) < 4.78 is 41.8. The van der Waals surface area contributed by atoms with Gasteiger partial charge >= 0.3 is 6.18 Å². The number of benzene rings is 1. The van der Waals surface area contributed by atoms with Crippen molar-refractivity contribution in [3.63, 3.8) is 0 Å². The summed E-state index contributed by atoms with van der Waals surface area (Å²) in [5.74, 6) is -1.33.